The summed E-state index contributed by atoms with van der Waals surface area (Å²) < 4.78 is 4.52. The minimum atomic E-state index is -0.497. The number of benzene rings is 1. The Kier molecular flexibility index (Phi) is 4.39. The molecule has 0 fully saturated rings. The van der Waals surface area contributed by atoms with Crippen LogP contribution in [0.2, 0.25) is 10.0 Å². The molecule has 0 saturated carbocycles. The Morgan fingerprint density at radius 3 is 2.80 bits per heavy atom. The molecular formula is C10H11Cl2NO2. The first-order valence-electron chi connectivity index (χ1n) is 4.32. The summed E-state index contributed by atoms with van der Waals surface area (Å²) in [7, 11) is 1.31. The number of hydrogen-bond acceptors (Lipinski definition) is 3. The van der Waals surface area contributed by atoms with Crippen LogP contribution in [0.5, 0.6) is 0 Å². The van der Waals surface area contributed by atoms with Gasteiger partial charge in [0.05, 0.1) is 13.5 Å². The van der Waals surface area contributed by atoms with E-state index in [2.05, 4.69) is 4.74 Å². The van der Waals surface area contributed by atoms with Gasteiger partial charge in [-0.3, -0.25) is 4.79 Å². The Balaban J connectivity index is 2.85. The van der Waals surface area contributed by atoms with Crippen LogP contribution >= 0.6 is 23.2 Å². The monoisotopic (exact) mass is 247 g/mol. The third kappa shape index (κ3) is 3.38. The summed E-state index contributed by atoms with van der Waals surface area (Å²) >= 11 is 11.7. The van der Waals surface area contributed by atoms with Gasteiger partial charge in [0.1, 0.15) is 0 Å². The molecule has 0 aliphatic carbocycles. The van der Waals surface area contributed by atoms with Gasteiger partial charge in [0.25, 0.3) is 0 Å². The van der Waals surface area contributed by atoms with Crippen LogP contribution in [0.1, 0.15) is 18.0 Å². The molecule has 1 aromatic carbocycles. The number of esters is 1. The van der Waals surface area contributed by atoms with Crippen LogP contribution in [0.25, 0.3) is 0 Å². The van der Waals surface area contributed by atoms with Crippen LogP contribution in [0.3, 0.4) is 0 Å². The largest absolute Gasteiger partial charge is 0.469 e. The van der Waals surface area contributed by atoms with E-state index < -0.39 is 6.04 Å². The zero-order valence-corrected chi connectivity index (χ0v) is 9.68. The lowest BCUT2D eigenvalue weighted by molar-refractivity contribution is -0.141. The second kappa shape index (κ2) is 5.35. The highest BCUT2D eigenvalue weighted by Gasteiger charge is 2.15. The Labute approximate surface area is 98.1 Å². The lowest BCUT2D eigenvalue weighted by Gasteiger charge is -2.12. The molecule has 0 saturated heterocycles. The third-order valence-electron chi connectivity index (χ3n) is 1.97. The Bertz CT molecular complexity index is 368. The fourth-order valence-electron chi connectivity index (χ4n) is 1.17. The van der Waals surface area contributed by atoms with Crippen LogP contribution in [0, 0.1) is 0 Å². The minimum absolute atomic E-state index is 0.0799. The first kappa shape index (κ1) is 12.3. The van der Waals surface area contributed by atoms with Gasteiger partial charge in [-0.25, -0.2) is 0 Å². The van der Waals surface area contributed by atoms with Crippen LogP contribution in [0.4, 0.5) is 0 Å². The molecule has 0 spiro atoms. The van der Waals surface area contributed by atoms with Crippen molar-refractivity contribution in [2.75, 3.05) is 7.11 Å². The van der Waals surface area contributed by atoms with Gasteiger partial charge < -0.3 is 10.5 Å². The summed E-state index contributed by atoms with van der Waals surface area (Å²) in [4.78, 5) is 11.0. The van der Waals surface area contributed by atoms with Crippen molar-refractivity contribution in [1.82, 2.24) is 0 Å². The van der Waals surface area contributed by atoms with E-state index in [1.807, 2.05) is 0 Å². The van der Waals surface area contributed by atoms with Crippen LogP contribution in [-0.2, 0) is 9.53 Å². The number of rotatable bonds is 3. The van der Waals surface area contributed by atoms with Crippen molar-refractivity contribution in [3.63, 3.8) is 0 Å². The Hall–Kier alpha value is -0.770. The van der Waals surface area contributed by atoms with Crippen LogP contribution in [-0.4, -0.2) is 13.1 Å². The number of carbonyl (C=O) groups excluding carboxylic acids is 1. The summed E-state index contributed by atoms with van der Waals surface area (Å²) in [6.45, 7) is 0. The molecule has 0 bridgehead atoms. The lowest BCUT2D eigenvalue weighted by Crippen LogP contribution is -2.16. The molecule has 1 aromatic rings. The molecule has 0 aliphatic heterocycles. The SMILES string of the molecule is COC(=O)C[C@H](N)c1cc(Cl)ccc1Cl. The van der Waals surface area contributed by atoms with Crippen molar-refractivity contribution < 1.29 is 9.53 Å². The summed E-state index contributed by atoms with van der Waals surface area (Å²) in [5.74, 6) is -0.376. The summed E-state index contributed by atoms with van der Waals surface area (Å²) in [6.07, 6.45) is 0.0799. The Morgan fingerprint density at radius 1 is 1.53 bits per heavy atom. The zero-order chi connectivity index (χ0) is 11.4. The molecule has 0 heterocycles. The van der Waals surface area contributed by atoms with E-state index in [4.69, 9.17) is 28.9 Å². The highest BCUT2D eigenvalue weighted by atomic mass is 35.5. The maximum atomic E-state index is 11.0. The molecule has 1 rings (SSSR count). The number of nitrogens with two attached hydrogens (primary N) is 1. The highest BCUT2D eigenvalue weighted by Crippen LogP contribution is 2.26. The molecule has 0 amide bonds. The second-order valence-electron chi connectivity index (χ2n) is 3.05. The molecule has 3 nitrogen and oxygen atoms in total. The average molecular weight is 248 g/mol. The number of methoxy groups -OCH3 is 1. The van der Waals surface area contributed by atoms with E-state index >= 15 is 0 Å². The fraction of sp³-hybridized carbons (Fsp3) is 0.300. The van der Waals surface area contributed by atoms with E-state index in [1.165, 1.54) is 7.11 Å². The van der Waals surface area contributed by atoms with Gasteiger partial charge >= 0.3 is 5.97 Å². The Morgan fingerprint density at radius 2 is 2.20 bits per heavy atom. The van der Waals surface area contributed by atoms with Gasteiger partial charge in [-0.05, 0) is 23.8 Å². The second-order valence-corrected chi connectivity index (χ2v) is 3.90. The fourth-order valence-corrected chi connectivity index (χ4v) is 1.61. The third-order valence-corrected chi connectivity index (χ3v) is 2.55. The number of halogens is 2. The summed E-state index contributed by atoms with van der Waals surface area (Å²) in [5, 5.41) is 1.03. The predicted octanol–water partition coefficient (Wildman–Crippen LogP) is 2.56. The van der Waals surface area contributed by atoms with Crippen molar-refractivity contribution >= 4 is 29.2 Å². The molecule has 0 aliphatic rings. The molecule has 15 heavy (non-hydrogen) atoms. The van der Waals surface area contributed by atoms with E-state index in [-0.39, 0.29) is 12.4 Å². The van der Waals surface area contributed by atoms with Crippen molar-refractivity contribution in [1.29, 1.82) is 0 Å². The van der Waals surface area contributed by atoms with E-state index in [0.717, 1.165) is 0 Å². The predicted molar refractivity (Wildman–Crippen MR) is 60.0 cm³/mol. The van der Waals surface area contributed by atoms with Gasteiger partial charge in [-0.2, -0.15) is 0 Å². The smallest absolute Gasteiger partial charge is 0.307 e. The zero-order valence-electron chi connectivity index (χ0n) is 8.17. The normalized spacial score (nSPS) is 12.3. The molecule has 0 radical (unpaired) electrons. The lowest BCUT2D eigenvalue weighted by atomic mass is 10.0. The molecular weight excluding hydrogens is 237 g/mol. The molecule has 1 atom stereocenters. The molecule has 0 unspecified atom stereocenters. The molecule has 0 aromatic heterocycles. The van der Waals surface area contributed by atoms with E-state index in [0.29, 0.717) is 15.6 Å². The standard InChI is InChI=1S/C10H11Cl2NO2/c1-15-10(14)5-9(13)7-4-6(11)2-3-8(7)12/h2-4,9H,5,13H2,1H3/t9-/m0/s1. The number of ether oxygens (including phenoxy) is 1. The average Bonchev–Trinajstić information content (AvgIpc) is 2.21. The van der Waals surface area contributed by atoms with Crippen molar-refractivity contribution in [2.45, 2.75) is 12.5 Å². The highest BCUT2D eigenvalue weighted by molar-refractivity contribution is 6.33. The van der Waals surface area contributed by atoms with Crippen LogP contribution < -0.4 is 5.73 Å². The van der Waals surface area contributed by atoms with Gasteiger partial charge in [-0.1, -0.05) is 23.2 Å². The minimum Gasteiger partial charge on any atom is -0.469 e. The maximum Gasteiger partial charge on any atom is 0.307 e. The van der Waals surface area contributed by atoms with E-state index in [1.54, 1.807) is 18.2 Å². The number of carbonyl (C=O) groups is 1. The summed E-state index contributed by atoms with van der Waals surface area (Å²) in [6, 6.07) is 4.47. The summed E-state index contributed by atoms with van der Waals surface area (Å²) in [5.41, 5.74) is 6.45. The first-order chi connectivity index (χ1) is 7.04. The quantitative estimate of drug-likeness (QED) is 0.836. The maximum absolute atomic E-state index is 11.0. The van der Waals surface area contributed by atoms with Gasteiger partial charge in [0.2, 0.25) is 0 Å². The first-order valence-corrected chi connectivity index (χ1v) is 5.07. The van der Waals surface area contributed by atoms with Crippen molar-refractivity contribution in [2.24, 2.45) is 5.73 Å². The van der Waals surface area contributed by atoms with Crippen LogP contribution in [0.15, 0.2) is 18.2 Å². The van der Waals surface area contributed by atoms with Gasteiger partial charge in [-0.15, -0.1) is 0 Å². The van der Waals surface area contributed by atoms with Crippen molar-refractivity contribution in [3.8, 4) is 0 Å². The topological polar surface area (TPSA) is 52.3 Å². The van der Waals surface area contributed by atoms with Crippen molar-refractivity contribution in [3.05, 3.63) is 33.8 Å². The van der Waals surface area contributed by atoms with Gasteiger partial charge in [0.15, 0.2) is 0 Å². The molecule has 82 valence electrons. The number of hydrogen-bond donors (Lipinski definition) is 1. The van der Waals surface area contributed by atoms with E-state index in [9.17, 15) is 4.79 Å². The van der Waals surface area contributed by atoms with Gasteiger partial charge in [0, 0.05) is 16.1 Å². The molecule has 5 heteroatoms. The molecule has 2 N–H and O–H groups in total.